The van der Waals surface area contributed by atoms with Crippen LogP contribution in [0, 0.1) is 6.92 Å². The van der Waals surface area contributed by atoms with Gasteiger partial charge in [0, 0.05) is 18.9 Å². The molecule has 6 nitrogen and oxygen atoms in total. The van der Waals surface area contributed by atoms with Crippen LogP contribution in [0.3, 0.4) is 0 Å². The summed E-state index contributed by atoms with van der Waals surface area (Å²) in [5, 5.41) is 4.01. The van der Waals surface area contributed by atoms with Crippen LogP contribution in [0.25, 0.3) is 11.0 Å². The van der Waals surface area contributed by atoms with E-state index in [2.05, 4.69) is 10.1 Å². The van der Waals surface area contributed by atoms with Gasteiger partial charge in [-0.2, -0.15) is 5.10 Å². The van der Waals surface area contributed by atoms with Crippen LogP contribution in [-0.2, 0) is 7.05 Å². The Morgan fingerprint density at radius 2 is 2.11 bits per heavy atom. The third-order valence-corrected chi connectivity index (χ3v) is 3.09. The van der Waals surface area contributed by atoms with E-state index in [1.807, 2.05) is 6.07 Å². The number of fused-ring (bicyclic) bond motifs is 1. The number of aromatic nitrogens is 4. The second-order valence-electron chi connectivity index (χ2n) is 4.39. The summed E-state index contributed by atoms with van der Waals surface area (Å²) in [4.78, 5) is 16.9. The van der Waals surface area contributed by atoms with Gasteiger partial charge in [-0.15, -0.1) is 0 Å². The van der Waals surface area contributed by atoms with E-state index >= 15 is 0 Å². The van der Waals surface area contributed by atoms with E-state index in [9.17, 15) is 4.79 Å². The lowest BCUT2D eigenvalue weighted by atomic mass is 10.2. The van der Waals surface area contributed by atoms with Crippen molar-refractivity contribution in [2.45, 2.75) is 6.92 Å². The first-order chi connectivity index (χ1) is 9.08. The van der Waals surface area contributed by atoms with Crippen molar-refractivity contribution in [2.24, 2.45) is 7.05 Å². The zero-order valence-electron chi connectivity index (χ0n) is 10.7. The molecule has 3 aromatic rings. The van der Waals surface area contributed by atoms with Gasteiger partial charge in [0.05, 0.1) is 11.0 Å². The summed E-state index contributed by atoms with van der Waals surface area (Å²) in [7, 11) is 1.73. The minimum atomic E-state index is -0.161. The van der Waals surface area contributed by atoms with Gasteiger partial charge in [0.2, 0.25) is 0 Å². The van der Waals surface area contributed by atoms with E-state index < -0.39 is 0 Å². The molecular formula is C13H13N5O. The Labute approximate surface area is 109 Å². The number of nitrogens with zero attached hydrogens (tertiary/aromatic N) is 4. The zero-order valence-corrected chi connectivity index (χ0v) is 10.7. The molecular weight excluding hydrogens is 242 g/mol. The lowest BCUT2D eigenvalue weighted by Crippen LogP contribution is -2.17. The van der Waals surface area contributed by atoms with Crippen LogP contribution in [0.4, 0.5) is 5.69 Å². The fourth-order valence-electron chi connectivity index (χ4n) is 2.17. The number of carbonyl (C=O) groups is 1. The van der Waals surface area contributed by atoms with Gasteiger partial charge in [-0.3, -0.25) is 14.0 Å². The standard InChI is InChI=1S/C13H13N5O/c1-8-16-10-4-3-9(14)7-12(10)18(8)13(19)11-5-6-15-17(11)2/h3-7H,14H2,1-2H3. The lowest BCUT2D eigenvalue weighted by molar-refractivity contribution is 0.0953. The first kappa shape index (κ1) is 11.5. The van der Waals surface area contributed by atoms with E-state index in [1.54, 1.807) is 47.6 Å². The quantitative estimate of drug-likeness (QED) is 0.666. The summed E-state index contributed by atoms with van der Waals surface area (Å²) < 4.78 is 3.10. The highest BCUT2D eigenvalue weighted by Gasteiger charge is 2.18. The molecule has 0 unspecified atom stereocenters. The van der Waals surface area contributed by atoms with Gasteiger partial charge in [-0.25, -0.2) is 4.98 Å². The predicted molar refractivity (Wildman–Crippen MR) is 71.8 cm³/mol. The Balaban J connectivity index is 2.25. The fourth-order valence-corrected chi connectivity index (χ4v) is 2.17. The average Bonchev–Trinajstić information content (AvgIpc) is 2.91. The molecule has 2 heterocycles. The van der Waals surface area contributed by atoms with Crippen molar-refractivity contribution in [3.8, 4) is 0 Å². The van der Waals surface area contributed by atoms with Crippen molar-refractivity contribution in [2.75, 3.05) is 5.73 Å². The smallest absolute Gasteiger partial charge is 0.282 e. The summed E-state index contributed by atoms with van der Waals surface area (Å²) in [5.41, 5.74) is 8.35. The van der Waals surface area contributed by atoms with Crippen molar-refractivity contribution < 1.29 is 4.79 Å². The van der Waals surface area contributed by atoms with Gasteiger partial charge in [0.25, 0.3) is 5.91 Å². The summed E-state index contributed by atoms with van der Waals surface area (Å²) in [6, 6.07) is 7.02. The third kappa shape index (κ3) is 1.69. The number of nitrogens with two attached hydrogens (primary N) is 1. The van der Waals surface area contributed by atoms with E-state index in [1.165, 1.54) is 0 Å². The second-order valence-corrected chi connectivity index (χ2v) is 4.39. The summed E-state index contributed by atoms with van der Waals surface area (Å²) >= 11 is 0. The van der Waals surface area contributed by atoms with Crippen molar-refractivity contribution in [1.29, 1.82) is 0 Å². The number of carbonyl (C=O) groups excluding carboxylic acids is 1. The summed E-state index contributed by atoms with van der Waals surface area (Å²) in [6.45, 7) is 1.80. The maximum Gasteiger partial charge on any atom is 0.282 e. The monoisotopic (exact) mass is 255 g/mol. The molecule has 0 aliphatic rings. The van der Waals surface area contributed by atoms with E-state index in [0.717, 1.165) is 5.52 Å². The first-order valence-electron chi connectivity index (χ1n) is 5.85. The molecule has 2 N–H and O–H groups in total. The molecule has 0 radical (unpaired) electrons. The Morgan fingerprint density at radius 1 is 1.32 bits per heavy atom. The Hall–Kier alpha value is -2.63. The Bertz CT molecular complexity index is 784. The number of hydrogen-bond acceptors (Lipinski definition) is 4. The molecule has 96 valence electrons. The number of aryl methyl sites for hydroxylation is 2. The maximum absolute atomic E-state index is 12.6. The third-order valence-electron chi connectivity index (χ3n) is 3.09. The maximum atomic E-state index is 12.6. The number of benzene rings is 1. The molecule has 3 rings (SSSR count). The number of hydrogen-bond donors (Lipinski definition) is 1. The normalized spacial score (nSPS) is 11.1. The van der Waals surface area contributed by atoms with Gasteiger partial charge < -0.3 is 5.73 Å². The average molecular weight is 255 g/mol. The Morgan fingerprint density at radius 3 is 2.79 bits per heavy atom. The molecule has 0 amide bonds. The number of nitrogen functional groups attached to an aromatic ring is 1. The van der Waals surface area contributed by atoms with Crippen molar-refractivity contribution in [3.05, 3.63) is 42.0 Å². The molecule has 6 heteroatoms. The molecule has 1 aromatic carbocycles. The highest BCUT2D eigenvalue weighted by Crippen LogP contribution is 2.20. The van der Waals surface area contributed by atoms with E-state index in [4.69, 9.17) is 5.73 Å². The zero-order chi connectivity index (χ0) is 13.6. The first-order valence-corrected chi connectivity index (χ1v) is 5.85. The number of rotatable bonds is 1. The van der Waals surface area contributed by atoms with Gasteiger partial charge in [0.15, 0.2) is 0 Å². The molecule has 0 aliphatic carbocycles. The van der Waals surface area contributed by atoms with Crippen molar-refractivity contribution >= 4 is 22.6 Å². The minimum Gasteiger partial charge on any atom is -0.399 e. The van der Waals surface area contributed by atoms with E-state index in [-0.39, 0.29) is 5.91 Å². The topological polar surface area (TPSA) is 78.7 Å². The van der Waals surface area contributed by atoms with Crippen LogP contribution < -0.4 is 5.73 Å². The largest absolute Gasteiger partial charge is 0.399 e. The van der Waals surface area contributed by atoms with Crippen molar-refractivity contribution in [1.82, 2.24) is 19.3 Å². The molecule has 0 aliphatic heterocycles. The van der Waals surface area contributed by atoms with Crippen molar-refractivity contribution in [3.63, 3.8) is 0 Å². The lowest BCUT2D eigenvalue weighted by Gasteiger charge is -2.05. The molecule has 19 heavy (non-hydrogen) atoms. The van der Waals surface area contributed by atoms with Crippen LogP contribution in [-0.4, -0.2) is 25.2 Å². The molecule has 0 fully saturated rings. The van der Waals surface area contributed by atoms with Crippen LogP contribution in [0.1, 0.15) is 16.3 Å². The molecule has 0 saturated carbocycles. The summed E-state index contributed by atoms with van der Waals surface area (Å²) in [5.74, 6) is 0.470. The predicted octanol–water partition coefficient (Wildman–Crippen LogP) is 1.35. The van der Waals surface area contributed by atoms with Gasteiger partial charge in [0.1, 0.15) is 11.5 Å². The summed E-state index contributed by atoms with van der Waals surface area (Å²) in [6.07, 6.45) is 1.59. The minimum absolute atomic E-state index is 0.161. The highest BCUT2D eigenvalue weighted by atomic mass is 16.2. The van der Waals surface area contributed by atoms with Gasteiger partial charge in [-0.05, 0) is 31.2 Å². The fraction of sp³-hybridized carbons (Fsp3) is 0.154. The molecule has 2 aromatic heterocycles. The molecule has 0 spiro atoms. The molecule has 0 bridgehead atoms. The van der Waals surface area contributed by atoms with E-state index in [0.29, 0.717) is 22.7 Å². The van der Waals surface area contributed by atoms with Crippen LogP contribution >= 0.6 is 0 Å². The Kier molecular flexibility index (Phi) is 2.38. The molecule has 0 saturated heterocycles. The number of imidazole rings is 1. The molecule has 0 atom stereocenters. The number of anilines is 1. The highest BCUT2D eigenvalue weighted by molar-refractivity contribution is 6.01. The van der Waals surface area contributed by atoms with Gasteiger partial charge >= 0.3 is 0 Å². The van der Waals surface area contributed by atoms with Gasteiger partial charge in [-0.1, -0.05) is 0 Å². The van der Waals surface area contributed by atoms with Crippen LogP contribution in [0.5, 0.6) is 0 Å². The van der Waals surface area contributed by atoms with Crippen LogP contribution in [0.15, 0.2) is 30.5 Å². The van der Waals surface area contributed by atoms with Crippen LogP contribution in [0.2, 0.25) is 0 Å². The SMILES string of the molecule is Cc1nc2ccc(N)cc2n1C(=O)c1ccnn1C. The second kappa shape index (κ2) is 3.94.